The van der Waals surface area contributed by atoms with Gasteiger partial charge < -0.3 is 28.6 Å². The molecule has 1 fully saturated rings. The fourth-order valence-electron chi connectivity index (χ4n) is 2.51. The molecule has 0 bridgehead atoms. The van der Waals surface area contributed by atoms with Gasteiger partial charge >= 0.3 is 5.69 Å². The summed E-state index contributed by atoms with van der Waals surface area (Å²) in [6, 6.07) is 0. The Labute approximate surface area is 171 Å². The Morgan fingerprint density at radius 1 is 1.42 bits per heavy atom. The largest absolute Gasteiger partial charge is 0.382 e. The molecule has 2 heterocycles. The van der Waals surface area contributed by atoms with Gasteiger partial charge in [0.05, 0.1) is 17.6 Å². The zero-order valence-electron chi connectivity index (χ0n) is 14.6. The molecule has 1 aliphatic heterocycles. The SMILES string of the molecule is [CH2-]CSc1cn([C@H]2CC(OC)[C@@H](COC)O2)c(=O)n(C)c1=O.[CH3-].[Y]. The van der Waals surface area contributed by atoms with Crippen LogP contribution >= 0.6 is 11.8 Å². The molecule has 1 saturated heterocycles. The van der Waals surface area contributed by atoms with E-state index in [0.717, 1.165) is 4.57 Å². The van der Waals surface area contributed by atoms with E-state index in [0.29, 0.717) is 23.7 Å². The summed E-state index contributed by atoms with van der Waals surface area (Å²) in [6.07, 6.45) is 1.20. The Morgan fingerprint density at radius 2 is 2.08 bits per heavy atom. The van der Waals surface area contributed by atoms with Crippen molar-refractivity contribution < 1.29 is 46.9 Å². The number of thioether (sulfide) groups is 1. The maximum absolute atomic E-state index is 12.3. The van der Waals surface area contributed by atoms with E-state index < -0.39 is 11.9 Å². The Bertz CT molecular complexity index is 633. The number of methoxy groups -OCH3 is 2. The number of aromatic nitrogens is 2. The van der Waals surface area contributed by atoms with Gasteiger partial charge in [-0.15, -0.1) is 5.75 Å². The predicted octanol–water partition coefficient (Wildman–Crippen LogP) is 0.870. The van der Waals surface area contributed by atoms with Gasteiger partial charge in [-0.1, -0.05) is 0 Å². The van der Waals surface area contributed by atoms with Crippen molar-refractivity contribution in [3.8, 4) is 0 Å². The number of hydrogen-bond acceptors (Lipinski definition) is 6. The van der Waals surface area contributed by atoms with Crippen LogP contribution < -0.4 is 11.2 Å². The standard InChI is InChI=1S/C14H21N2O5S.CH3.Y/c1-5-22-11-7-16(14(18)15(2)13(11)17)12-6-9(20-4)10(21-12)8-19-3;;/h7,9-10,12H,1,5-6,8H2,2-4H3;1H3;/q2*-1;/t9?,10-,12-;;/m1../s1. The van der Waals surface area contributed by atoms with Gasteiger partial charge in [0.2, 0.25) is 0 Å². The van der Waals surface area contributed by atoms with Crippen molar-refractivity contribution in [2.75, 3.05) is 26.6 Å². The summed E-state index contributed by atoms with van der Waals surface area (Å²) in [7, 11) is 4.65. The van der Waals surface area contributed by atoms with Crippen LogP contribution in [0.1, 0.15) is 12.6 Å². The molecule has 0 spiro atoms. The molecular weight excluding hydrogens is 409 g/mol. The number of rotatable bonds is 6. The molecule has 9 heteroatoms. The summed E-state index contributed by atoms with van der Waals surface area (Å²) in [5, 5.41) is 0. The van der Waals surface area contributed by atoms with Crippen LogP contribution in [-0.2, 0) is 54.0 Å². The van der Waals surface area contributed by atoms with Crippen LogP contribution in [0, 0.1) is 14.4 Å². The fourth-order valence-corrected chi connectivity index (χ4v) is 3.18. The van der Waals surface area contributed by atoms with Crippen LogP contribution in [0.25, 0.3) is 0 Å². The monoisotopic (exact) mass is 433 g/mol. The maximum atomic E-state index is 12.3. The molecule has 0 aromatic carbocycles. The van der Waals surface area contributed by atoms with Crippen molar-refractivity contribution in [1.82, 2.24) is 9.13 Å². The zero-order chi connectivity index (χ0) is 16.3. The molecule has 0 saturated carbocycles. The molecule has 24 heavy (non-hydrogen) atoms. The number of hydrogen-bond donors (Lipinski definition) is 0. The summed E-state index contributed by atoms with van der Waals surface area (Å²) >= 11 is 1.30. The van der Waals surface area contributed by atoms with Crippen LogP contribution in [0.15, 0.2) is 20.7 Å². The van der Waals surface area contributed by atoms with Crippen LogP contribution in [0.2, 0.25) is 0 Å². The second kappa shape index (κ2) is 10.9. The molecule has 3 atom stereocenters. The molecule has 1 aromatic heterocycles. The zero-order valence-corrected chi connectivity index (χ0v) is 18.2. The molecule has 1 radical (unpaired) electrons. The summed E-state index contributed by atoms with van der Waals surface area (Å²) in [4.78, 5) is 24.9. The first kappa shape index (κ1) is 24.0. The molecule has 0 aliphatic carbocycles. The Hall–Kier alpha value is 0.0139. The second-order valence-corrected chi connectivity index (χ2v) is 6.13. The maximum Gasteiger partial charge on any atom is 0.332 e. The molecule has 2 rings (SSSR count). The van der Waals surface area contributed by atoms with E-state index in [1.165, 1.54) is 23.4 Å². The third-order valence-electron chi connectivity index (χ3n) is 3.66. The molecule has 1 aromatic rings. The van der Waals surface area contributed by atoms with Crippen molar-refractivity contribution in [1.29, 1.82) is 0 Å². The number of nitrogens with zero attached hydrogens (tertiary/aromatic N) is 2. The van der Waals surface area contributed by atoms with Gasteiger partial charge in [-0.05, 0) is 0 Å². The normalized spacial score (nSPS) is 22.8. The van der Waals surface area contributed by atoms with E-state index in [-0.39, 0.29) is 57.9 Å². The molecule has 7 nitrogen and oxygen atoms in total. The van der Waals surface area contributed by atoms with Crippen LogP contribution in [0.5, 0.6) is 0 Å². The van der Waals surface area contributed by atoms with Crippen molar-refractivity contribution in [3.63, 3.8) is 0 Å². The average molecular weight is 433 g/mol. The molecule has 135 valence electrons. The smallest absolute Gasteiger partial charge is 0.332 e. The third kappa shape index (κ3) is 5.02. The van der Waals surface area contributed by atoms with Gasteiger partial charge in [0.25, 0.3) is 5.56 Å². The van der Waals surface area contributed by atoms with E-state index >= 15 is 0 Å². The summed E-state index contributed by atoms with van der Waals surface area (Å²) in [5.74, 6) is 0.506. The fraction of sp³-hybridized carbons (Fsp3) is 0.600. The molecule has 0 N–H and O–H groups in total. The Kier molecular flexibility index (Phi) is 10.9. The second-order valence-electron chi connectivity index (χ2n) is 4.99. The molecular formula is C15H24N2O5SY-2. The van der Waals surface area contributed by atoms with Crippen molar-refractivity contribution in [2.45, 2.75) is 29.8 Å². The van der Waals surface area contributed by atoms with E-state index in [9.17, 15) is 9.59 Å². The topological polar surface area (TPSA) is 71.7 Å². The minimum atomic E-state index is -0.478. The quantitative estimate of drug-likeness (QED) is 0.490. The van der Waals surface area contributed by atoms with Crippen molar-refractivity contribution >= 4 is 11.8 Å². The van der Waals surface area contributed by atoms with Gasteiger partial charge in [0.1, 0.15) is 12.3 Å². The van der Waals surface area contributed by atoms with Crippen LogP contribution in [0.4, 0.5) is 0 Å². The first-order chi connectivity index (χ1) is 10.5. The van der Waals surface area contributed by atoms with Gasteiger partial charge in [0.15, 0.2) is 0 Å². The van der Waals surface area contributed by atoms with Gasteiger partial charge in [0, 0.05) is 66.6 Å². The van der Waals surface area contributed by atoms with Gasteiger partial charge in [-0.2, -0.15) is 11.8 Å². The summed E-state index contributed by atoms with van der Waals surface area (Å²) in [5.41, 5.74) is -0.721. The van der Waals surface area contributed by atoms with Gasteiger partial charge in [-0.3, -0.25) is 13.9 Å². The molecule has 1 aliphatic rings. The van der Waals surface area contributed by atoms with Crippen LogP contribution in [0.3, 0.4) is 0 Å². The van der Waals surface area contributed by atoms with Gasteiger partial charge in [-0.25, -0.2) is 4.79 Å². The molecule has 0 amide bonds. The van der Waals surface area contributed by atoms with E-state index in [4.69, 9.17) is 14.2 Å². The summed E-state index contributed by atoms with van der Waals surface area (Å²) in [6.45, 7) is 4.11. The summed E-state index contributed by atoms with van der Waals surface area (Å²) < 4.78 is 18.9. The van der Waals surface area contributed by atoms with E-state index in [1.807, 2.05) is 0 Å². The van der Waals surface area contributed by atoms with Crippen molar-refractivity contribution in [3.05, 3.63) is 41.4 Å². The Balaban J connectivity index is 0.00000264. The van der Waals surface area contributed by atoms with E-state index in [2.05, 4.69) is 6.92 Å². The third-order valence-corrected chi connectivity index (χ3v) is 4.46. The van der Waals surface area contributed by atoms with Crippen LogP contribution in [-0.4, -0.2) is 47.9 Å². The first-order valence-corrected chi connectivity index (χ1v) is 7.93. The Morgan fingerprint density at radius 3 is 2.62 bits per heavy atom. The molecule has 1 unspecified atom stereocenters. The minimum absolute atomic E-state index is 0. The van der Waals surface area contributed by atoms with Crippen molar-refractivity contribution in [2.24, 2.45) is 7.05 Å². The number of ether oxygens (including phenoxy) is 3. The first-order valence-electron chi connectivity index (χ1n) is 6.94. The minimum Gasteiger partial charge on any atom is -0.382 e. The van der Waals surface area contributed by atoms with E-state index in [1.54, 1.807) is 20.4 Å². The average Bonchev–Trinajstić information content (AvgIpc) is 2.91. The predicted molar refractivity (Wildman–Crippen MR) is 89.6 cm³/mol.